The van der Waals surface area contributed by atoms with Crippen molar-refractivity contribution >= 4 is 11.6 Å². The van der Waals surface area contributed by atoms with Crippen LogP contribution >= 0.6 is 0 Å². The largest absolute Gasteiger partial charge is 0.508 e. The summed E-state index contributed by atoms with van der Waals surface area (Å²) in [7, 11) is 1.80. The molecule has 4 nitrogen and oxygen atoms in total. The van der Waals surface area contributed by atoms with Gasteiger partial charge in [-0.3, -0.25) is 4.79 Å². The van der Waals surface area contributed by atoms with Gasteiger partial charge >= 0.3 is 0 Å². The summed E-state index contributed by atoms with van der Waals surface area (Å²) in [6.45, 7) is 5.85. The van der Waals surface area contributed by atoms with Crippen molar-refractivity contribution in [3.05, 3.63) is 24.3 Å². The molecule has 19 heavy (non-hydrogen) atoms. The van der Waals surface area contributed by atoms with E-state index in [4.69, 9.17) is 0 Å². The molecule has 4 heteroatoms. The Morgan fingerprint density at radius 2 is 2.00 bits per heavy atom. The predicted octanol–water partition coefficient (Wildman–Crippen LogP) is 1.99. The molecule has 1 unspecified atom stereocenters. The molecule has 1 aliphatic heterocycles. The average molecular weight is 262 g/mol. The van der Waals surface area contributed by atoms with Crippen molar-refractivity contribution in [2.75, 3.05) is 25.0 Å². The number of nitrogens with zero attached hydrogens (tertiary/aromatic N) is 1. The van der Waals surface area contributed by atoms with Crippen molar-refractivity contribution in [3.63, 3.8) is 0 Å². The minimum atomic E-state index is -0.313. The first-order valence-corrected chi connectivity index (χ1v) is 6.75. The first-order valence-electron chi connectivity index (χ1n) is 6.75. The van der Waals surface area contributed by atoms with E-state index in [9.17, 15) is 9.90 Å². The molecule has 1 heterocycles. The number of hydrogen-bond acceptors (Lipinski definition) is 3. The van der Waals surface area contributed by atoms with Gasteiger partial charge in [-0.1, -0.05) is 13.8 Å². The number of anilines is 1. The Labute approximate surface area is 114 Å². The molecule has 0 aliphatic carbocycles. The van der Waals surface area contributed by atoms with E-state index in [0.717, 1.165) is 25.2 Å². The lowest BCUT2D eigenvalue weighted by molar-refractivity contribution is -0.129. The summed E-state index contributed by atoms with van der Waals surface area (Å²) in [6.07, 6.45) is 0.881. The van der Waals surface area contributed by atoms with Gasteiger partial charge in [0, 0.05) is 19.3 Å². The summed E-state index contributed by atoms with van der Waals surface area (Å²) in [5.41, 5.74) is 0.502. The molecule has 0 bridgehead atoms. The fourth-order valence-electron chi connectivity index (χ4n) is 2.76. The van der Waals surface area contributed by atoms with Crippen molar-refractivity contribution < 1.29 is 9.90 Å². The summed E-state index contributed by atoms with van der Waals surface area (Å²) in [5, 5.41) is 12.6. The second-order valence-electron chi connectivity index (χ2n) is 5.62. The molecule has 0 radical (unpaired) electrons. The Balaban J connectivity index is 2.25. The van der Waals surface area contributed by atoms with Crippen molar-refractivity contribution in [1.82, 2.24) is 5.32 Å². The van der Waals surface area contributed by atoms with Crippen LogP contribution < -0.4 is 10.2 Å². The number of rotatable bonds is 3. The molecule has 1 amide bonds. The molecule has 0 saturated carbocycles. The van der Waals surface area contributed by atoms with Gasteiger partial charge < -0.3 is 15.3 Å². The minimum Gasteiger partial charge on any atom is -0.508 e. The summed E-state index contributed by atoms with van der Waals surface area (Å²) in [6, 6.07) is 6.75. The van der Waals surface area contributed by atoms with E-state index in [1.165, 1.54) is 0 Å². The zero-order valence-corrected chi connectivity index (χ0v) is 11.8. The number of carbonyl (C=O) groups excluding carboxylic acids is 1. The van der Waals surface area contributed by atoms with E-state index < -0.39 is 0 Å². The first kappa shape index (κ1) is 13.9. The van der Waals surface area contributed by atoms with E-state index in [2.05, 4.69) is 19.2 Å². The highest BCUT2D eigenvalue weighted by Crippen LogP contribution is 2.37. The molecule has 1 aromatic carbocycles. The van der Waals surface area contributed by atoms with Gasteiger partial charge in [-0.25, -0.2) is 0 Å². The quantitative estimate of drug-likeness (QED) is 0.876. The van der Waals surface area contributed by atoms with Gasteiger partial charge in [0.2, 0.25) is 5.91 Å². The van der Waals surface area contributed by atoms with E-state index in [1.54, 1.807) is 36.2 Å². The number of benzene rings is 1. The van der Waals surface area contributed by atoms with Gasteiger partial charge in [-0.05, 0) is 43.1 Å². The highest BCUT2D eigenvalue weighted by molar-refractivity contribution is 5.97. The Kier molecular flexibility index (Phi) is 3.80. The van der Waals surface area contributed by atoms with Gasteiger partial charge in [0.1, 0.15) is 5.75 Å². The normalized spacial score (nSPS) is 22.7. The summed E-state index contributed by atoms with van der Waals surface area (Å²) in [4.78, 5) is 14.5. The number of aromatic hydroxyl groups is 1. The highest BCUT2D eigenvalue weighted by atomic mass is 16.3. The van der Waals surface area contributed by atoms with Crippen LogP contribution in [0.4, 0.5) is 5.69 Å². The summed E-state index contributed by atoms with van der Waals surface area (Å²) < 4.78 is 0. The lowest BCUT2D eigenvalue weighted by atomic mass is 9.75. The molecule has 1 saturated heterocycles. The molecule has 1 fully saturated rings. The maximum atomic E-state index is 12.8. The third kappa shape index (κ3) is 2.45. The van der Waals surface area contributed by atoms with E-state index in [-0.39, 0.29) is 17.1 Å². The number of nitrogens with one attached hydrogen (secondary N) is 1. The summed E-state index contributed by atoms with van der Waals surface area (Å²) in [5.74, 6) is 0.665. The average Bonchev–Trinajstić information content (AvgIpc) is 2.88. The van der Waals surface area contributed by atoms with E-state index >= 15 is 0 Å². The van der Waals surface area contributed by atoms with Gasteiger partial charge in [-0.2, -0.15) is 0 Å². The smallest absolute Gasteiger partial charge is 0.234 e. The van der Waals surface area contributed by atoms with Gasteiger partial charge in [0.05, 0.1) is 5.41 Å². The van der Waals surface area contributed by atoms with Crippen LogP contribution in [0.3, 0.4) is 0 Å². The molecular formula is C15H22N2O2. The maximum Gasteiger partial charge on any atom is 0.234 e. The standard InChI is InChI=1S/C15H22N2O2/c1-11(2)15(8-9-16-10-15)14(19)17(3)12-4-6-13(18)7-5-12/h4-7,11,16,18H,8-10H2,1-3H3. The maximum absolute atomic E-state index is 12.8. The number of phenolic OH excluding ortho intramolecular Hbond substituents is 1. The highest BCUT2D eigenvalue weighted by Gasteiger charge is 2.45. The molecule has 2 rings (SSSR count). The SMILES string of the molecule is CC(C)C1(C(=O)N(C)c2ccc(O)cc2)CCNC1. The van der Waals surface area contributed by atoms with Gasteiger partial charge in [-0.15, -0.1) is 0 Å². The van der Waals surface area contributed by atoms with Gasteiger partial charge in [0.15, 0.2) is 0 Å². The lowest BCUT2D eigenvalue weighted by Crippen LogP contribution is -2.47. The zero-order valence-electron chi connectivity index (χ0n) is 11.8. The third-order valence-electron chi connectivity index (χ3n) is 4.26. The van der Waals surface area contributed by atoms with Crippen molar-refractivity contribution in [2.45, 2.75) is 20.3 Å². The van der Waals surface area contributed by atoms with Crippen LogP contribution in [-0.2, 0) is 4.79 Å². The van der Waals surface area contributed by atoms with Gasteiger partial charge in [0.25, 0.3) is 0 Å². The van der Waals surface area contributed by atoms with Crippen molar-refractivity contribution in [2.24, 2.45) is 11.3 Å². The summed E-state index contributed by atoms with van der Waals surface area (Å²) >= 11 is 0. The van der Waals surface area contributed by atoms with Crippen LogP contribution in [0.5, 0.6) is 5.75 Å². The molecule has 0 spiro atoms. The van der Waals surface area contributed by atoms with Crippen LogP contribution in [0.1, 0.15) is 20.3 Å². The topological polar surface area (TPSA) is 52.6 Å². The van der Waals surface area contributed by atoms with Crippen LogP contribution in [0, 0.1) is 11.3 Å². The molecule has 1 aromatic rings. The molecule has 2 N–H and O–H groups in total. The number of phenols is 1. The Hall–Kier alpha value is -1.55. The first-order chi connectivity index (χ1) is 8.97. The third-order valence-corrected chi connectivity index (χ3v) is 4.26. The molecule has 104 valence electrons. The predicted molar refractivity (Wildman–Crippen MR) is 76.3 cm³/mol. The molecule has 1 atom stereocenters. The molecular weight excluding hydrogens is 240 g/mol. The minimum absolute atomic E-state index is 0.151. The van der Waals surface area contributed by atoms with Crippen LogP contribution in [0.2, 0.25) is 0 Å². The Morgan fingerprint density at radius 1 is 1.37 bits per heavy atom. The van der Waals surface area contributed by atoms with Crippen molar-refractivity contribution in [3.8, 4) is 5.75 Å². The Morgan fingerprint density at radius 3 is 2.47 bits per heavy atom. The monoisotopic (exact) mass is 262 g/mol. The fraction of sp³-hybridized carbons (Fsp3) is 0.533. The number of hydrogen-bond donors (Lipinski definition) is 2. The van der Waals surface area contributed by atoms with Crippen LogP contribution in [-0.4, -0.2) is 31.2 Å². The van der Waals surface area contributed by atoms with Crippen LogP contribution in [0.25, 0.3) is 0 Å². The zero-order chi connectivity index (χ0) is 14.0. The second-order valence-corrected chi connectivity index (χ2v) is 5.62. The van der Waals surface area contributed by atoms with E-state index in [1.807, 2.05) is 0 Å². The Bertz CT molecular complexity index is 448. The number of amides is 1. The van der Waals surface area contributed by atoms with E-state index in [0.29, 0.717) is 5.92 Å². The fourth-order valence-corrected chi connectivity index (χ4v) is 2.76. The van der Waals surface area contributed by atoms with Crippen LogP contribution in [0.15, 0.2) is 24.3 Å². The second kappa shape index (κ2) is 5.21. The molecule has 0 aromatic heterocycles. The van der Waals surface area contributed by atoms with Crippen molar-refractivity contribution in [1.29, 1.82) is 0 Å². The number of carbonyl (C=O) groups is 1. The lowest BCUT2D eigenvalue weighted by Gasteiger charge is -2.35. The molecule has 1 aliphatic rings.